The summed E-state index contributed by atoms with van der Waals surface area (Å²) in [6.45, 7) is 0. The number of carboxylic acids is 1. The molecule has 1 atom stereocenters. The van der Waals surface area contributed by atoms with Crippen molar-refractivity contribution in [3.63, 3.8) is 0 Å². The molecular formula is C10H9F3O4. The number of carbonyl (C=O) groups is 1. The molecule has 0 radical (unpaired) electrons. The van der Waals surface area contributed by atoms with Crippen LogP contribution in [0.1, 0.15) is 5.56 Å². The number of carboxylic acid groups (broad SMARTS) is 1. The third-order valence-corrected chi connectivity index (χ3v) is 1.87. The van der Waals surface area contributed by atoms with Crippen LogP contribution in [0.3, 0.4) is 0 Å². The summed E-state index contributed by atoms with van der Waals surface area (Å²) in [6, 6.07) is 4.62. The molecule has 0 heterocycles. The molecule has 0 amide bonds. The van der Waals surface area contributed by atoms with Crippen LogP contribution in [-0.2, 0) is 11.2 Å². The summed E-state index contributed by atoms with van der Waals surface area (Å²) in [5.41, 5.74) is 0.398. The van der Waals surface area contributed by atoms with Crippen LogP contribution in [0.5, 0.6) is 5.75 Å². The van der Waals surface area contributed by atoms with Crippen molar-refractivity contribution in [2.45, 2.75) is 18.9 Å². The lowest BCUT2D eigenvalue weighted by Gasteiger charge is -2.10. The molecule has 0 bridgehead atoms. The number of aliphatic carboxylic acids is 1. The average Bonchev–Trinajstić information content (AvgIpc) is 2.18. The summed E-state index contributed by atoms with van der Waals surface area (Å²) in [6.07, 6.45) is -6.52. The molecule has 0 spiro atoms. The molecule has 17 heavy (non-hydrogen) atoms. The highest BCUT2D eigenvalue weighted by atomic mass is 19.4. The van der Waals surface area contributed by atoms with Gasteiger partial charge in [0.25, 0.3) is 0 Å². The van der Waals surface area contributed by atoms with Gasteiger partial charge in [-0.2, -0.15) is 0 Å². The topological polar surface area (TPSA) is 66.8 Å². The second-order valence-electron chi connectivity index (χ2n) is 3.25. The number of alkyl halides is 3. The molecule has 94 valence electrons. The minimum Gasteiger partial charge on any atom is -0.479 e. The SMILES string of the molecule is O=C(O)C(O)Cc1ccc(OC(F)(F)F)cc1. The Kier molecular flexibility index (Phi) is 3.95. The monoisotopic (exact) mass is 250 g/mol. The van der Waals surface area contributed by atoms with Gasteiger partial charge in [-0.3, -0.25) is 0 Å². The van der Waals surface area contributed by atoms with Gasteiger partial charge < -0.3 is 14.9 Å². The molecule has 1 aromatic carbocycles. The van der Waals surface area contributed by atoms with Gasteiger partial charge in [-0.15, -0.1) is 13.2 Å². The number of aliphatic hydroxyl groups is 1. The van der Waals surface area contributed by atoms with Gasteiger partial charge in [0.15, 0.2) is 6.10 Å². The van der Waals surface area contributed by atoms with E-state index in [9.17, 15) is 18.0 Å². The molecule has 0 fully saturated rings. The molecule has 0 aliphatic rings. The maximum absolute atomic E-state index is 11.8. The molecule has 4 nitrogen and oxygen atoms in total. The Morgan fingerprint density at radius 2 is 1.82 bits per heavy atom. The fraction of sp³-hybridized carbons (Fsp3) is 0.300. The maximum atomic E-state index is 11.8. The van der Waals surface area contributed by atoms with E-state index in [0.29, 0.717) is 5.56 Å². The van der Waals surface area contributed by atoms with Crippen LogP contribution in [0, 0.1) is 0 Å². The first-order valence-corrected chi connectivity index (χ1v) is 4.53. The quantitative estimate of drug-likeness (QED) is 0.851. The van der Waals surface area contributed by atoms with Crippen molar-refractivity contribution in [2.75, 3.05) is 0 Å². The Morgan fingerprint density at radius 1 is 1.29 bits per heavy atom. The molecule has 0 aliphatic carbocycles. The van der Waals surface area contributed by atoms with E-state index in [4.69, 9.17) is 10.2 Å². The highest BCUT2D eigenvalue weighted by Crippen LogP contribution is 2.22. The maximum Gasteiger partial charge on any atom is 0.573 e. The third kappa shape index (κ3) is 4.73. The van der Waals surface area contributed by atoms with E-state index in [-0.39, 0.29) is 6.42 Å². The lowest BCUT2D eigenvalue weighted by Crippen LogP contribution is -2.22. The Morgan fingerprint density at radius 3 is 2.24 bits per heavy atom. The largest absolute Gasteiger partial charge is 0.573 e. The van der Waals surface area contributed by atoms with Crippen LogP contribution >= 0.6 is 0 Å². The first-order valence-electron chi connectivity index (χ1n) is 4.53. The van der Waals surface area contributed by atoms with E-state index in [1.54, 1.807) is 0 Å². The van der Waals surface area contributed by atoms with Crippen molar-refractivity contribution in [3.8, 4) is 5.75 Å². The number of ether oxygens (including phenoxy) is 1. The summed E-state index contributed by atoms with van der Waals surface area (Å²) in [5, 5.41) is 17.5. The smallest absolute Gasteiger partial charge is 0.479 e. The standard InChI is InChI=1S/C10H9F3O4/c11-10(12,13)17-7-3-1-6(2-4-7)5-8(14)9(15)16/h1-4,8,14H,5H2,(H,15,16). The fourth-order valence-corrected chi connectivity index (χ4v) is 1.14. The molecule has 1 unspecified atom stereocenters. The van der Waals surface area contributed by atoms with Crippen molar-refractivity contribution in [1.82, 2.24) is 0 Å². The molecule has 7 heteroatoms. The Labute approximate surface area is 94.3 Å². The lowest BCUT2D eigenvalue weighted by atomic mass is 10.1. The number of rotatable bonds is 4. The van der Waals surface area contributed by atoms with Gasteiger partial charge in [0.2, 0.25) is 0 Å². The molecule has 1 rings (SSSR count). The van der Waals surface area contributed by atoms with Crippen molar-refractivity contribution < 1.29 is 32.9 Å². The van der Waals surface area contributed by atoms with E-state index in [2.05, 4.69) is 4.74 Å². The van der Waals surface area contributed by atoms with E-state index in [1.807, 2.05) is 0 Å². The van der Waals surface area contributed by atoms with Crippen LogP contribution in [0.25, 0.3) is 0 Å². The number of aliphatic hydroxyl groups excluding tert-OH is 1. The number of hydrogen-bond acceptors (Lipinski definition) is 3. The normalized spacial score (nSPS) is 13.2. The Bertz CT molecular complexity index is 386. The molecule has 1 aromatic rings. The summed E-state index contributed by atoms with van der Waals surface area (Å²) >= 11 is 0. The second kappa shape index (κ2) is 5.05. The van der Waals surface area contributed by atoms with E-state index in [1.165, 1.54) is 12.1 Å². The Hall–Kier alpha value is -1.76. The number of hydrogen-bond donors (Lipinski definition) is 2. The minimum absolute atomic E-state index is 0.179. The zero-order valence-corrected chi connectivity index (χ0v) is 8.44. The molecule has 0 saturated carbocycles. The zero-order chi connectivity index (χ0) is 13.1. The summed E-state index contributed by atoms with van der Waals surface area (Å²) in [7, 11) is 0. The van der Waals surface area contributed by atoms with Crippen molar-refractivity contribution >= 4 is 5.97 Å². The van der Waals surface area contributed by atoms with Crippen molar-refractivity contribution in [1.29, 1.82) is 0 Å². The van der Waals surface area contributed by atoms with Gasteiger partial charge in [-0.25, -0.2) is 4.79 Å². The summed E-state index contributed by atoms with van der Waals surface area (Å²) in [4.78, 5) is 10.3. The Balaban J connectivity index is 2.65. The average molecular weight is 250 g/mol. The molecule has 0 aromatic heterocycles. The van der Waals surface area contributed by atoms with Crippen LogP contribution < -0.4 is 4.74 Å². The predicted molar refractivity (Wildman–Crippen MR) is 50.5 cm³/mol. The first-order chi connectivity index (χ1) is 7.78. The molecular weight excluding hydrogens is 241 g/mol. The van der Waals surface area contributed by atoms with Gasteiger partial charge in [0.1, 0.15) is 5.75 Å². The zero-order valence-electron chi connectivity index (χ0n) is 8.44. The van der Waals surface area contributed by atoms with E-state index >= 15 is 0 Å². The highest BCUT2D eigenvalue weighted by molar-refractivity contribution is 5.72. The van der Waals surface area contributed by atoms with Crippen LogP contribution in [0.15, 0.2) is 24.3 Å². The lowest BCUT2D eigenvalue weighted by molar-refractivity contribution is -0.274. The van der Waals surface area contributed by atoms with Crippen LogP contribution in [0.4, 0.5) is 13.2 Å². The minimum atomic E-state index is -4.76. The first kappa shape index (κ1) is 13.3. The summed E-state index contributed by atoms with van der Waals surface area (Å²) < 4.78 is 39.1. The van der Waals surface area contributed by atoms with Gasteiger partial charge >= 0.3 is 12.3 Å². The number of benzene rings is 1. The third-order valence-electron chi connectivity index (χ3n) is 1.87. The summed E-state index contributed by atoms with van der Waals surface area (Å²) in [5.74, 6) is -1.79. The van der Waals surface area contributed by atoms with E-state index < -0.39 is 24.2 Å². The van der Waals surface area contributed by atoms with Crippen molar-refractivity contribution in [3.05, 3.63) is 29.8 Å². The number of halogens is 3. The van der Waals surface area contributed by atoms with Gasteiger partial charge in [0, 0.05) is 6.42 Å². The van der Waals surface area contributed by atoms with Crippen molar-refractivity contribution in [2.24, 2.45) is 0 Å². The van der Waals surface area contributed by atoms with Crippen LogP contribution in [0.2, 0.25) is 0 Å². The fourth-order valence-electron chi connectivity index (χ4n) is 1.14. The second-order valence-corrected chi connectivity index (χ2v) is 3.25. The molecule has 0 aliphatic heterocycles. The molecule has 0 saturated heterocycles. The predicted octanol–water partition coefficient (Wildman–Crippen LogP) is 1.57. The highest BCUT2D eigenvalue weighted by Gasteiger charge is 2.30. The van der Waals surface area contributed by atoms with Gasteiger partial charge in [0.05, 0.1) is 0 Å². The van der Waals surface area contributed by atoms with E-state index in [0.717, 1.165) is 12.1 Å². The van der Waals surface area contributed by atoms with Gasteiger partial charge in [-0.05, 0) is 17.7 Å². The molecule has 2 N–H and O–H groups in total. The van der Waals surface area contributed by atoms with Crippen LogP contribution in [-0.4, -0.2) is 28.6 Å². The van der Waals surface area contributed by atoms with Gasteiger partial charge in [-0.1, -0.05) is 12.1 Å².